The van der Waals surface area contributed by atoms with Gasteiger partial charge in [-0.05, 0) is 52.0 Å². The molecule has 2 aromatic carbocycles. The second kappa shape index (κ2) is 6.20. The standard InChI is InChI=1S/C20H24N2O2/c1-19(2,23)15-9-7-13(11-17(15)21)5-6-14-8-10-16(18(22)12-14)20(3,4)24/h7-12,23-24H,21-22H2,1-4H3. The zero-order valence-electron chi connectivity index (χ0n) is 14.5. The van der Waals surface area contributed by atoms with Crippen molar-refractivity contribution in [3.8, 4) is 11.8 Å². The molecule has 2 rings (SSSR count). The molecule has 0 heterocycles. The maximum Gasteiger partial charge on any atom is 0.0860 e. The highest BCUT2D eigenvalue weighted by Gasteiger charge is 2.19. The molecular formula is C20H24N2O2. The van der Waals surface area contributed by atoms with Crippen LogP contribution in [0.3, 0.4) is 0 Å². The molecule has 0 unspecified atom stereocenters. The van der Waals surface area contributed by atoms with E-state index < -0.39 is 11.2 Å². The first kappa shape index (κ1) is 17.9. The van der Waals surface area contributed by atoms with Crippen LogP contribution in [0.15, 0.2) is 36.4 Å². The fraction of sp³-hybridized carbons (Fsp3) is 0.300. The molecule has 4 nitrogen and oxygen atoms in total. The molecule has 0 aliphatic rings. The van der Waals surface area contributed by atoms with Crippen LogP contribution in [0.5, 0.6) is 0 Å². The summed E-state index contributed by atoms with van der Waals surface area (Å²) < 4.78 is 0. The molecule has 0 saturated heterocycles. The highest BCUT2D eigenvalue weighted by atomic mass is 16.3. The Labute approximate surface area is 143 Å². The summed E-state index contributed by atoms with van der Waals surface area (Å²) in [5.74, 6) is 6.07. The quantitative estimate of drug-likeness (QED) is 0.505. The lowest BCUT2D eigenvalue weighted by atomic mass is 9.94. The molecule has 0 atom stereocenters. The molecule has 0 aliphatic carbocycles. The third-order valence-corrected chi connectivity index (χ3v) is 3.77. The fourth-order valence-corrected chi connectivity index (χ4v) is 2.54. The molecule has 0 bridgehead atoms. The number of rotatable bonds is 2. The molecule has 0 aliphatic heterocycles. The Morgan fingerprint density at radius 3 is 1.29 bits per heavy atom. The van der Waals surface area contributed by atoms with E-state index in [0.29, 0.717) is 22.5 Å². The lowest BCUT2D eigenvalue weighted by molar-refractivity contribution is 0.0788. The van der Waals surface area contributed by atoms with Crippen LogP contribution in [0, 0.1) is 11.8 Å². The van der Waals surface area contributed by atoms with Crippen molar-refractivity contribution >= 4 is 11.4 Å². The second-order valence-corrected chi connectivity index (χ2v) is 6.97. The van der Waals surface area contributed by atoms with Gasteiger partial charge in [0.05, 0.1) is 11.2 Å². The van der Waals surface area contributed by atoms with E-state index in [0.717, 1.165) is 11.1 Å². The lowest BCUT2D eigenvalue weighted by Gasteiger charge is -2.20. The van der Waals surface area contributed by atoms with Gasteiger partial charge in [-0.1, -0.05) is 24.0 Å². The second-order valence-electron chi connectivity index (χ2n) is 6.97. The van der Waals surface area contributed by atoms with Gasteiger partial charge in [-0.25, -0.2) is 0 Å². The Kier molecular flexibility index (Phi) is 4.61. The van der Waals surface area contributed by atoms with E-state index in [1.807, 2.05) is 12.1 Å². The molecule has 2 aromatic rings. The predicted octanol–water partition coefficient (Wildman–Crippen LogP) is 2.71. The van der Waals surface area contributed by atoms with Crippen LogP contribution in [-0.2, 0) is 11.2 Å². The van der Waals surface area contributed by atoms with E-state index in [4.69, 9.17) is 11.5 Å². The Morgan fingerprint density at radius 1 is 0.708 bits per heavy atom. The van der Waals surface area contributed by atoms with Crippen molar-refractivity contribution in [1.29, 1.82) is 0 Å². The van der Waals surface area contributed by atoms with Gasteiger partial charge in [0, 0.05) is 33.6 Å². The Morgan fingerprint density at radius 2 is 1.04 bits per heavy atom. The van der Waals surface area contributed by atoms with Gasteiger partial charge in [0.1, 0.15) is 0 Å². The summed E-state index contributed by atoms with van der Waals surface area (Å²) in [5, 5.41) is 20.1. The van der Waals surface area contributed by atoms with Crippen molar-refractivity contribution in [2.75, 3.05) is 11.5 Å². The summed E-state index contributed by atoms with van der Waals surface area (Å²) in [6.07, 6.45) is 0. The number of nitrogens with two attached hydrogens (primary N) is 2. The van der Waals surface area contributed by atoms with Gasteiger partial charge < -0.3 is 21.7 Å². The Hall–Kier alpha value is -2.48. The summed E-state index contributed by atoms with van der Waals surface area (Å²) in [4.78, 5) is 0. The number of aliphatic hydroxyl groups is 2. The van der Waals surface area contributed by atoms with Crippen LogP contribution >= 0.6 is 0 Å². The van der Waals surface area contributed by atoms with E-state index in [9.17, 15) is 10.2 Å². The van der Waals surface area contributed by atoms with E-state index >= 15 is 0 Å². The zero-order chi connectivity index (χ0) is 18.1. The molecule has 0 aromatic heterocycles. The number of nitrogen functional groups attached to an aromatic ring is 2. The van der Waals surface area contributed by atoms with Crippen molar-refractivity contribution in [3.05, 3.63) is 58.7 Å². The topological polar surface area (TPSA) is 92.5 Å². The summed E-state index contributed by atoms with van der Waals surface area (Å²) in [5.41, 5.74) is 13.9. The highest BCUT2D eigenvalue weighted by molar-refractivity contribution is 5.58. The number of hydrogen-bond donors (Lipinski definition) is 4. The number of benzene rings is 2. The van der Waals surface area contributed by atoms with E-state index in [2.05, 4.69) is 11.8 Å². The Balaban J connectivity index is 2.31. The molecular weight excluding hydrogens is 300 g/mol. The van der Waals surface area contributed by atoms with Gasteiger partial charge in [0.25, 0.3) is 0 Å². The van der Waals surface area contributed by atoms with Crippen molar-refractivity contribution in [2.45, 2.75) is 38.9 Å². The largest absolute Gasteiger partial charge is 0.398 e. The fourth-order valence-electron chi connectivity index (χ4n) is 2.54. The van der Waals surface area contributed by atoms with Crippen LogP contribution in [0.4, 0.5) is 11.4 Å². The summed E-state index contributed by atoms with van der Waals surface area (Å²) in [6, 6.07) is 10.7. The average molecular weight is 324 g/mol. The van der Waals surface area contributed by atoms with Crippen molar-refractivity contribution in [2.24, 2.45) is 0 Å². The maximum absolute atomic E-state index is 10.0. The monoisotopic (exact) mass is 324 g/mol. The zero-order valence-corrected chi connectivity index (χ0v) is 14.5. The van der Waals surface area contributed by atoms with Gasteiger partial charge in [-0.3, -0.25) is 0 Å². The first-order valence-corrected chi connectivity index (χ1v) is 7.75. The SMILES string of the molecule is CC(C)(O)c1ccc(C#Cc2ccc(C(C)(C)O)c(N)c2)cc1N. The normalized spacial score (nSPS) is 11.8. The van der Waals surface area contributed by atoms with Crippen LogP contribution in [0.25, 0.3) is 0 Å². The molecule has 126 valence electrons. The highest BCUT2D eigenvalue weighted by Crippen LogP contribution is 2.27. The van der Waals surface area contributed by atoms with Crippen LogP contribution in [0.1, 0.15) is 49.9 Å². The van der Waals surface area contributed by atoms with Crippen molar-refractivity contribution in [3.63, 3.8) is 0 Å². The van der Waals surface area contributed by atoms with Gasteiger partial charge in [0.2, 0.25) is 0 Å². The third kappa shape index (κ3) is 4.08. The average Bonchev–Trinajstić information content (AvgIpc) is 2.42. The predicted molar refractivity (Wildman–Crippen MR) is 98.2 cm³/mol. The molecule has 0 amide bonds. The lowest BCUT2D eigenvalue weighted by Crippen LogP contribution is -2.17. The molecule has 4 heteroatoms. The smallest absolute Gasteiger partial charge is 0.0860 e. The van der Waals surface area contributed by atoms with E-state index in [1.54, 1.807) is 52.0 Å². The van der Waals surface area contributed by atoms with Crippen molar-refractivity contribution < 1.29 is 10.2 Å². The maximum atomic E-state index is 10.0. The minimum absolute atomic E-state index is 0.506. The summed E-state index contributed by atoms with van der Waals surface area (Å²) in [6.45, 7) is 6.77. The summed E-state index contributed by atoms with van der Waals surface area (Å²) >= 11 is 0. The first-order valence-electron chi connectivity index (χ1n) is 7.75. The van der Waals surface area contributed by atoms with E-state index in [1.165, 1.54) is 0 Å². The van der Waals surface area contributed by atoms with Gasteiger partial charge in [-0.15, -0.1) is 0 Å². The number of anilines is 2. The third-order valence-electron chi connectivity index (χ3n) is 3.77. The van der Waals surface area contributed by atoms with Gasteiger partial charge in [-0.2, -0.15) is 0 Å². The number of hydrogen-bond acceptors (Lipinski definition) is 4. The van der Waals surface area contributed by atoms with Crippen LogP contribution in [-0.4, -0.2) is 10.2 Å². The van der Waals surface area contributed by atoms with Crippen LogP contribution < -0.4 is 11.5 Å². The van der Waals surface area contributed by atoms with Gasteiger partial charge in [0.15, 0.2) is 0 Å². The molecule has 0 saturated carbocycles. The minimum atomic E-state index is -0.989. The molecule has 24 heavy (non-hydrogen) atoms. The molecule has 0 spiro atoms. The molecule has 6 N–H and O–H groups in total. The molecule has 0 radical (unpaired) electrons. The van der Waals surface area contributed by atoms with Crippen LogP contribution in [0.2, 0.25) is 0 Å². The first-order chi connectivity index (χ1) is 11.0. The summed E-state index contributed by atoms with van der Waals surface area (Å²) in [7, 11) is 0. The van der Waals surface area contributed by atoms with Gasteiger partial charge >= 0.3 is 0 Å². The van der Waals surface area contributed by atoms with Crippen molar-refractivity contribution in [1.82, 2.24) is 0 Å². The molecule has 0 fully saturated rings. The van der Waals surface area contributed by atoms with E-state index in [-0.39, 0.29) is 0 Å². The minimum Gasteiger partial charge on any atom is -0.398 e. The Bertz CT molecular complexity index is 749.